The third kappa shape index (κ3) is 5.71. The molecule has 0 saturated heterocycles. The predicted molar refractivity (Wildman–Crippen MR) is 116 cm³/mol. The van der Waals surface area contributed by atoms with Gasteiger partial charge in [-0.3, -0.25) is 14.9 Å². The van der Waals surface area contributed by atoms with Crippen LogP contribution in [-0.2, 0) is 14.8 Å². The smallest absolute Gasteiger partial charge is 0.312 e. The Morgan fingerprint density at radius 2 is 1.80 bits per heavy atom. The summed E-state index contributed by atoms with van der Waals surface area (Å²) in [6, 6.07) is 10.5. The Hall–Kier alpha value is -2.63. The first-order valence-corrected chi connectivity index (χ1v) is 11.7. The summed E-state index contributed by atoms with van der Waals surface area (Å²) in [6.07, 6.45) is 1.94. The van der Waals surface area contributed by atoms with Crippen LogP contribution in [0.5, 0.6) is 5.75 Å². The summed E-state index contributed by atoms with van der Waals surface area (Å²) in [6.45, 7) is 3.37. The van der Waals surface area contributed by atoms with E-state index >= 15 is 0 Å². The number of rotatable bonds is 10. The minimum Gasteiger partial charge on any atom is -0.477 e. The minimum atomic E-state index is -3.86. The van der Waals surface area contributed by atoms with Crippen LogP contribution in [0.15, 0.2) is 52.3 Å². The lowest BCUT2D eigenvalue weighted by molar-refractivity contribution is -0.386. The van der Waals surface area contributed by atoms with Crippen molar-refractivity contribution in [3.05, 3.63) is 52.6 Å². The molecule has 0 bridgehead atoms. The number of hydrogen-bond donors (Lipinski definition) is 1. The van der Waals surface area contributed by atoms with Gasteiger partial charge in [-0.15, -0.1) is 11.8 Å². The number of anilines is 1. The van der Waals surface area contributed by atoms with E-state index in [4.69, 9.17) is 4.74 Å². The number of thioether (sulfide) groups is 1. The molecule has 0 aliphatic carbocycles. The maximum absolute atomic E-state index is 12.6. The van der Waals surface area contributed by atoms with Gasteiger partial charge in [-0.1, -0.05) is 13.8 Å². The van der Waals surface area contributed by atoms with Crippen LogP contribution in [-0.4, -0.2) is 49.5 Å². The molecule has 0 saturated carbocycles. The molecule has 30 heavy (non-hydrogen) atoms. The second kappa shape index (κ2) is 10.4. The lowest BCUT2D eigenvalue weighted by atomic mass is 10.3. The molecule has 162 valence electrons. The molecule has 1 amide bonds. The van der Waals surface area contributed by atoms with Gasteiger partial charge in [0.25, 0.3) is 5.91 Å². The molecule has 0 atom stereocenters. The number of sulfonamides is 1. The van der Waals surface area contributed by atoms with Gasteiger partial charge in [0.15, 0.2) is 12.4 Å². The van der Waals surface area contributed by atoms with Crippen molar-refractivity contribution in [3.63, 3.8) is 0 Å². The highest BCUT2D eigenvalue weighted by molar-refractivity contribution is 7.98. The van der Waals surface area contributed by atoms with Crippen LogP contribution in [0.3, 0.4) is 0 Å². The largest absolute Gasteiger partial charge is 0.477 e. The highest BCUT2D eigenvalue weighted by Gasteiger charge is 2.26. The molecule has 0 aromatic heterocycles. The Labute approximate surface area is 179 Å². The summed E-state index contributed by atoms with van der Waals surface area (Å²) in [4.78, 5) is 23.6. The highest BCUT2D eigenvalue weighted by atomic mass is 32.2. The SMILES string of the molecule is CCN(CC)S(=O)(=O)c1ccc(OCC(=O)Nc2ccc(SC)cc2)c([N+](=O)[O-])c1. The van der Waals surface area contributed by atoms with Crippen LogP contribution in [0.1, 0.15) is 13.8 Å². The summed E-state index contributed by atoms with van der Waals surface area (Å²) in [5.41, 5.74) is 0.0388. The first kappa shape index (κ1) is 23.6. The molecule has 2 aromatic rings. The Bertz CT molecular complexity index is 1010. The predicted octanol–water partition coefficient (Wildman–Crippen LogP) is 3.36. The van der Waals surface area contributed by atoms with E-state index in [1.165, 1.54) is 16.4 Å². The average Bonchev–Trinajstić information content (AvgIpc) is 2.73. The molecule has 2 rings (SSSR count). The molecule has 0 radical (unpaired) electrons. The zero-order valence-corrected chi connectivity index (χ0v) is 18.5. The molecule has 11 heteroatoms. The van der Waals surface area contributed by atoms with Crippen molar-refractivity contribution in [1.29, 1.82) is 0 Å². The van der Waals surface area contributed by atoms with Crippen molar-refractivity contribution >= 4 is 39.1 Å². The number of benzene rings is 2. The monoisotopic (exact) mass is 453 g/mol. The number of hydrogen-bond acceptors (Lipinski definition) is 7. The fraction of sp³-hybridized carbons (Fsp3) is 0.316. The number of amides is 1. The van der Waals surface area contributed by atoms with Gasteiger partial charge in [0, 0.05) is 29.7 Å². The highest BCUT2D eigenvalue weighted by Crippen LogP contribution is 2.31. The van der Waals surface area contributed by atoms with Crippen molar-refractivity contribution in [3.8, 4) is 5.75 Å². The summed E-state index contributed by atoms with van der Waals surface area (Å²) >= 11 is 1.57. The van der Waals surface area contributed by atoms with E-state index in [1.54, 1.807) is 37.7 Å². The number of nitro groups is 1. The number of carbonyl (C=O) groups excluding carboxylic acids is 1. The van der Waals surface area contributed by atoms with Crippen LogP contribution in [0.2, 0.25) is 0 Å². The fourth-order valence-corrected chi connectivity index (χ4v) is 4.54. The van der Waals surface area contributed by atoms with Crippen LogP contribution < -0.4 is 10.1 Å². The van der Waals surface area contributed by atoms with Gasteiger partial charge in [-0.2, -0.15) is 4.31 Å². The van der Waals surface area contributed by atoms with Crippen LogP contribution in [0.25, 0.3) is 0 Å². The van der Waals surface area contributed by atoms with Crippen molar-refractivity contribution in [2.45, 2.75) is 23.6 Å². The van der Waals surface area contributed by atoms with Crippen LogP contribution >= 0.6 is 11.8 Å². The number of nitro benzene ring substituents is 1. The molecule has 0 spiro atoms. The van der Waals surface area contributed by atoms with Gasteiger partial charge in [0.2, 0.25) is 10.0 Å². The molecule has 2 aromatic carbocycles. The molecule has 9 nitrogen and oxygen atoms in total. The molecule has 0 aliphatic heterocycles. The van der Waals surface area contributed by atoms with Gasteiger partial charge in [0.1, 0.15) is 0 Å². The van der Waals surface area contributed by atoms with E-state index < -0.39 is 33.1 Å². The molecule has 0 unspecified atom stereocenters. The van der Waals surface area contributed by atoms with Crippen LogP contribution in [0.4, 0.5) is 11.4 Å². The quantitative estimate of drug-likeness (QED) is 0.333. The number of nitrogens with zero attached hydrogens (tertiary/aromatic N) is 2. The lowest BCUT2D eigenvalue weighted by Gasteiger charge is -2.18. The number of carbonyl (C=O) groups is 1. The maximum Gasteiger partial charge on any atom is 0.312 e. The van der Waals surface area contributed by atoms with Crippen molar-refractivity contribution in [2.75, 3.05) is 31.3 Å². The summed E-state index contributed by atoms with van der Waals surface area (Å²) in [5.74, 6) is -0.688. The Kier molecular flexibility index (Phi) is 8.21. The summed E-state index contributed by atoms with van der Waals surface area (Å²) in [5, 5.41) is 14.1. The maximum atomic E-state index is 12.6. The first-order chi connectivity index (χ1) is 14.2. The topological polar surface area (TPSA) is 119 Å². The Morgan fingerprint density at radius 3 is 2.33 bits per heavy atom. The van der Waals surface area contributed by atoms with E-state index in [9.17, 15) is 23.3 Å². The molecule has 0 aliphatic rings. The van der Waals surface area contributed by atoms with Gasteiger partial charge in [-0.05, 0) is 42.7 Å². The minimum absolute atomic E-state index is 0.189. The molecular weight excluding hydrogens is 430 g/mol. The standard InChI is InChI=1S/C19H23N3O6S2/c1-4-21(5-2)30(26,27)16-10-11-18(17(12-16)22(24)25)28-13-19(23)20-14-6-8-15(29-3)9-7-14/h6-12H,4-5,13H2,1-3H3,(H,20,23). The van der Waals surface area contributed by atoms with Crippen LogP contribution in [0, 0.1) is 10.1 Å². The molecule has 0 heterocycles. The van der Waals surface area contributed by atoms with Gasteiger partial charge >= 0.3 is 5.69 Å². The van der Waals surface area contributed by atoms with Crippen molar-refractivity contribution in [1.82, 2.24) is 4.31 Å². The number of ether oxygens (including phenoxy) is 1. The van der Waals surface area contributed by atoms with Crippen molar-refractivity contribution in [2.24, 2.45) is 0 Å². The van der Waals surface area contributed by atoms with E-state index in [1.807, 2.05) is 18.4 Å². The van der Waals surface area contributed by atoms with E-state index in [0.29, 0.717) is 5.69 Å². The van der Waals surface area contributed by atoms with Gasteiger partial charge < -0.3 is 10.1 Å². The normalized spacial score (nSPS) is 11.3. The fourth-order valence-electron chi connectivity index (χ4n) is 2.65. The van der Waals surface area contributed by atoms with E-state index in [0.717, 1.165) is 11.0 Å². The van der Waals surface area contributed by atoms with E-state index in [-0.39, 0.29) is 23.7 Å². The van der Waals surface area contributed by atoms with Gasteiger partial charge in [-0.25, -0.2) is 8.42 Å². The Morgan fingerprint density at radius 1 is 1.17 bits per heavy atom. The second-order valence-electron chi connectivity index (χ2n) is 6.04. The zero-order chi connectivity index (χ0) is 22.3. The second-order valence-corrected chi connectivity index (χ2v) is 8.86. The summed E-state index contributed by atoms with van der Waals surface area (Å²) < 4.78 is 31.7. The zero-order valence-electron chi connectivity index (χ0n) is 16.8. The van der Waals surface area contributed by atoms with Crippen molar-refractivity contribution < 1.29 is 22.9 Å². The first-order valence-electron chi connectivity index (χ1n) is 9.08. The van der Waals surface area contributed by atoms with E-state index in [2.05, 4.69) is 5.32 Å². The summed E-state index contributed by atoms with van der Waals surface area (Å²) in [7, 11) is -3.86. The molecule has 0 fully saturated rings. The number of nitrogens with one attached hydrogen (secondary N) is 1. The third-order valence-corrected chi connectivity index (χ3v) is 6.99. The molecular formula is C19H23N3O6S2. The average molecular weight is 454 g/mol. The van der Waals surface area contributed by atoms with Gasteiger partial charge in [0.05, 0.1) is 9.82 Å². The molecule has 1 N–H and O–H groups in total. The third-order valence-electron chi connectivity index (χ3n) is 4.20. The lowest BCUT2D eigenvalue weighted by Crippen LogP contribution is -2.30. The Balaban J connectivity index is 2.15.